The molecule has 2 aliphatic carbocycles. The molecule has 0 bridgehead atoms. The van der Waals surface area contributed by atoms with E-state index in [-0.39, 0.29) is 16.7 Å². The van der Waals surface area contributed by atoms with Gasteiger partial charge >= 0.3 is 0 Å². The summed E-state index contributed by atoms with van der Waals surface area (Å²) in [6, 6.07) is 7.52. The minimum Gasteiger partial charge on any atom is -0.496 e. The highest BCUT2D eigenvalue weighted by Crippen LogP contribution is 2.45. The van der Waals surface area contributed by atoms with Crippen LogP contribution in [0.25, 0.3) is 11.1 Å². The van der Waals surface area contributed by atoms with Crippen LogP contribution in [0, 0.1) is 0 Å². The first kappa shape index (κ1) is 18.7. The van der Waals surface area contributed by atoms with Crippen molar-refractivity contribution >= 4 is 10.1 Å². The van der Waals surface area contributed by atoms with Crippen molar-refractivity contribution in [2.24, 2.45) is 0 Å². The molecule has 24 heavy (non-hydrogen) atoms. The average Bonchev–Trinajstić information content (AvgIpc) is 2.77. The molecule has 1 N–H and O–H groups in total. The van der Waals surface area contributed by atoms with Gasteiger partial charge in [0.2, 0.25) is 0 Å². The number of fused-ring (bicyclic) bond motifs is 1. The molecule has 0 fully saturated rings. The van der Waals surface area contributed by atoms with Crippen LogP contribution in [0.2, 0.25) is 0 Å². The Morgan fingerprint density at radius 1 is 1.08 bits per heavy atom. The molecule has 0 radical (unpaired) electrons. The van der Waals surface area contributed by atoms with Crippen molar-refractivity contribution in [3.05, 3.63) is 35.4 Å². The quantitative estimate of drug-likeness (QED) is 0.738. The molecule has 0 heterocycles. The standard InChI is InChI=1S/C19H26O4S/c1-6-13(7-2)15-11-16-17(19(15)24(20,21)22)10-14(12(3)4)8-9-18(16)23-5/h8-13H,6-7H2,1-5H3,(H,20,21,22). The molecule has 0 spiro atoms. The lowest BCUT2D eigenvalue weighted by Crippen LogP contribution is -2.05. The van der Waals surface area contributed by atoms with Gasteiger partial charge in [-0.25, -0.2) is 0 Å². The van der Waals surface area contributed by atoms with Crippen LogP contribution >= 0.6 is 0 Å². The molecule has 0 saturated carbocycles. The maximum absolute atomic E-state index is 12.2. The van der Waals surface area contributed by atoms with E-state index in [4.69, 9.17) is 4.74 Å². The summed E-state index contributed by atoms with van der Waals surface area (Å²) >= 11 is 0. The zero-order chi connectivity index (χ0) is 18.1. The molecule has 0 atom stereocenters. The topological polar surface area (TPSA) is 63.6 Å². The number of ether oxygens (including phenoxy) is 1. The second-order valence-corrected chi connectivity index (χ2v) is 7.80. The van der Waals surface area contributed by atoms with Gasteiger partial charge in [0, 0.05) is 11.1 Å². The van der Waals surface area contributed by atoms with Crippen LogP contribution in [0.5, 0.6) is 5.75 Å². The summed E-state index contributed by atoms with van der Waals surface area (Å²) < 4.78 is 39.7. The van der Waals surface area contributed by atoms with Crippen molar-refractivity contribution in [1.82, 2.24) is 0 Å². The van der Waals surface area contributed by atoms with Gasteiger partial charge in [0.25, 0.3) is 10.1 Å². The molecule has 0 aromatic carbocycles. The smallest absolute Gasteiger partial charge is 0.295 e. The van der Waals surface area contributed by atoms with Crippen LogP contribution in [0.3, 0.4) is 0 Å². The van der Waals surface area contributed by atoms with Crippen LogP contribution in [0.1, 0.15) is 63.5 Å². The third-order valence-corrected chi connectivity index (χ3v) is 5.64. The summed E-state index contributed by atoms with van der Waals surface area (Å²) in [7, 11) is -2.76. The van der Waals surface area contributed by atoms with Gasteiger partial charge in [0.05, 0.1) is 7.11 Å². The van der Waals surface area contributed by atoms with E-state index in [0.717, 1.165) is 24.0 Å². The van der Waals surface area contributed by atoms with Crippen molar-refractivity contribution in [3.63, 3.8) is 0 Å². The molecule has 132 valence electrons. The molecule has 5 heteroatoms. The summed E-state index contributed by atoms with van der Waals surface area (Å²) in [5.41, 5.74) is 2.93. The van der Waals surface area contributed by atoms with Crippen LogP contribution in [-0.2, 0) is 10.1 Å². The summed E-state index contributed by atoms with van der Waals surface area (Å²) in [6.45, 7) is 8.14. The fourth-order valence-electron chi connectivity index (χ4n) is 3.26. The van der Waals surface area contributed by atoms with Gasteiger partial charge in [0.15, 0.2) is 0 Å². The highest BCUT2D eigenvalue weighted by atomic mass is 32.2. The van der Waals surface area contributed by atoms with Crippen molar-refractivity contribution in [2.45, 2.75) is 57.3 Å². The van der Waals surface area contributed by atoms with Crippen LogP contribution < -0.4 is 4.74 Å². The second-order valence-electron chi connectivity index (χ2n) is 6.45. The largest absolute Gasteiger partial charge is 0.496 e. The Morgan fingerprint density at radius 2 is 1.71 bits per heavy atom. The van der Waals surface area contributed by atoms with Crippen LogP contribution in [-0.4, -0.2) is 20.1 Å². The van der Waals surface area contributed by atoms with Gasteiger partial charge in [0.1, 0.15) is 10.6 Å². The highest BCUT2D eigenvalue weighted by Gasteiger charge is 2.30. The van der Waals surface area contributed by atoms with E-state index in [1.807, 2.05) is 52.0 Å². The van der Waals surface area contributed by atoms with Gasteiger partial charge in [-0.3, -0.25) is 4.55 Å². The normalized spacial score (nSPS) is 12.3. The molecule has 2 aliphatic rings. The lowest BCUT2D eigenvalue weighted by molar-refractivity contribution is 0.417. The Balaban J connectivity index is 2.95. The molecule has 0 aromatic heterocycles. The summed E-state index contributed by atoms with van der Waals surface area (Å²) in [5.74, 6) is 0.914. The fraction of sp³-hybridized carbons (Fsp3) is 0.474. The van der Waals surface area contributed by atoms with Gasteiger partial charge in [-0.05, 0) is 54.0 Å². The summed E-state index contributed by atoms with van der Waals surface area (Å²) in [4.78, 5) is 0.0302. The Bertz CT molecular complexity index is 789. The van der Waals surface area contributed by atoms with Gasteiger partial charge in [-0.2, -0.15) is 8.42 Å². The predicted molar refractivity (Wildman–Crippen MR) is 96.8 cm³/mol. The summed E-state index contributed by atoms with van der Waals surface area (Å²) in [5, 5.41) is 0. The van der Waals surface area contributed by atoms with Gasteiger partial charge in [-0.15, -0.1) is 0 Å². The molecule has 4 nitrogen and oxygen atoms in total. The SMILES string of the molecule is CCC(CC)c1cc2c(OC)ccc(C(C)C)cc-2c1S(=O)(=O)O. The van der Waals surface area contributed by atoms with E-state index < -0.39 is 10.1 Å². The molecular formula is C19H26O4S. The van der Waals surface area contributed by atoms with E-state index in [2.05, 4.69) is 0 Å². The predicted octanol–water partition coefficient (Wildman–Crippen LogP) is 5.07. The maximum Gasteiger partial charge on any atom is 0.295 e. The van der Waals surface area contributed by atoms with Crippen molar-refractivity contribution in [2.75, 3.05) is 7.11 Å². The van der Waals surface area contributed by atoms with E-state index in [9.17, 15) is 13.0 Å². The molecule has 2 rings (SSSR count). The number of rotatable bonds is 6. The van der Waals surface area contributed by atoms with E-state index in [0.29, 0.717) is 16.9 Å². The average molecular weight is 350 g/mol. The van der Waals surface area contributed by atoms with Gasteiger partial charge < -0.3 is 4.74 Å². The zero-order valence-corrected chi connectivity index (χ0v) is 15.8. The molecule has 0 aromatic rings. The van der Waals surface area contributed by atoms with Gasteiger partial charge in [-0.1, -0.05) is 33.8 Å². The third-order valence-electron chi connectivity index (χ3n) is 4.67. The fourth-order valence-corrected chi connectivity index (χ4v) is 4.23. The van der Waals surface area contributed by atoms with E-state index >= 15 is 0 Å². The summed E-state index contributed by atoms with van der Waals surface area (Å²) in [6.07, 6.45) is 1.61. The number of hydrogen-bond donors (Lipinski definition) is 1. The number of methoxy groups -OCH3 is 1. The Hall–Kier alpha value is -1.59. The number of hydrogen-bond acceptors (Lipinski definition) is 3. The molecular weight excluding hydrogens is 324 g/mol. The van der Waals surface area contributed by atoms with Crippen LogP contribution in [0.15, 0.2) is 29.2 Å². The first-order chi connectivity index (χ1) is 11.2. The highest BCUT2D eigenvalue weighted by molar-refractivity contribution is 7.86. The Kier molecular flexibility index (Phi) is 5.56. The second kappa shape index (κ2) is 7.11. The molecule has 0 aliphatic heterocycles. The molecule has 0 saturated heterocycles. The first-order valence-electron chi connectivity index (χ1n) is 8.36. The monoisotopic (exact) mass is 350 g/mol. The first-order valence-corrected chi connectivity index (χ1v) is 9.80. The van der Waals surface area contributed by atoms with E-state index in [1.54, 1.807) is 7.11 Å². The minimum absolute atomic E-state index is 0.0302. The molecule has 0 unspecified atom stereocenters. The van der Waals surface area contributed by atoms with Crippen molar-refractivity contribution < 1.29 is 17.7 Å². The third kappa shape index (κ3) is 3.42. The minimum atomic E-state index is -4.34. The zero-order valence-electron chi connectivity index (χ0n) is 15.0. The Morgan fingerprint density at radius 3 is 2.17 bits per heavy atom. The van der Waals surface area contributed by atoms with Crippen molar-refractivity contribution in [1.29, 1.82) is 0 Å². The lowest BCUT2D eigenvalue weighted by atomic mass is 9.96. The van der Waals surface area contributed by atoms with Crippen molar-refractivity contribution in [3.8, 4) is 16.9 Å². The van der Waals surface area contributed by atoms with E-state index in [1.165, 1.54) is 0 Å². The Labute approximate surface area is 144 Å². The molecule has 0 amide bonds. The maximum atomic E-state index is 12.2. The lowest BCUT2D eigenvalue weighted by Gasteiger charge is -2.13. The van der Waals surface area contributed by atoms with Crippen LogP contribution in [0.4, 0.5) is 0 Å².